The number of rotatable bonds is 2. The molecule has 2 heterocycles. The van der Waals surface area contributed by atoms with Crippen LogP contribution in [0.25, 0.3) is 0 Å². The van der Waals surface area contributed by atoms with Gasteiger partial charge in [0.2, 0.25) is 5.95 Å². The quantitative estimate of drug-likeness (QED) is 0.904. The Morgan fingerprint density at radius 2 is 2.17 bits per heavy atom. The molecule has 1 atom stereocenters. The molecule has 0 fully saturated rings. The van der Waals surface area contributed by atoms with Gasteiger partial charge in [0.25, 0.3) is 0 Å². The fourth-order valence-corrected chi connectivity index (χ4v) is 2.46. The molecule has 1 aliphatic carbocycles. The molecule has 3 rings (SSSR count). The molecule has 0 spiro atoms. The van der Waals surface area contributed by atoms with E-state index in [2.05, 4.69) is 26.6 Å². The van der Waals surface area contributed by atoms with E-state index in [-0.39, 0.29) is 6.04 Å². The Morgan fingerprint density at radius 3 is 2.94 bits per heavy atom. The maximum Gasteiger partial charge on any atom is 0.223 e. The molecule has 1 N–H and O–H groups in total. The van der Waals surface area contributed by atoms with Gasteiger partial charge in [-0.25, -0.2) is 9.97 Å². The fourth-order valence-electron chi connectivity index (χ4n) is 2.36. The van der Waals surface area contributed by atoms with Crippen molar-refractivity contribution in [2.24, 2.45) is 7.05 Å². The van der Waals surface area contributed by atoms with Gasteiger partial charge in [0.05, 0.1) is 29.2 Å². The Labute approximate surface area is 110 Å². The lowest BCUT2D eigenvalue weighted by molar-refractivity contribution is 0.589. The van der Waals surface area contributed by atoms with E-state index in [1.54, 1.807) is 12.4 Å². The number of fused-ring (bicyclic) bond motifs is 1. The highest BCUT2D eigenvalue weighted by Gasteiger charge is 2.23. The lowest BCUT2D eigenvalue weighted by Gasteiger charge is -2.22. The van der Waals surface area contributed by atoms with Crippen LogP contribution in [0.15, 0.2) is 18.6 Å². The number of nitrogens with zero attached hydrogens (tertiary/aromatic N) is 4. The maximum atomic E-state index is 5.77. The van der Waals surface area contributed by atoms with E-state index in [1.165, 1.54) is 11.3 Å². The van der Waals surface area contributed by atoms with E-state index in [0.29, 0.717) is 11.0 Å². The highest BCUT2D eigenvalue weighted by atomic mass is 35.5. The van der Waals surface area contributed by atoms with Crippen molar-refractivity contribution < 1.29 is 0 Å². The van der Waals surface area contributed by atoms with Crippen LogP contribution < -0.4 is 5.32 Å². The van der Waals surface area contributed by atoms with Crippen LogP contribution in [0.1, 0.15) is 30.1 Å². The van der Waals surface area contributed by atoms with E-state index < -0.39 is 0 Å². The molecule has 18 heavy (non-hydrogen) atoms. The first-order valence-electron chi connectivity index (χ1n) is 5.99. The van der Waals surface area contributed by atoms with Crippen molar-refractivity contribution >= 4 is 17.5 Å². The van der Waals surface area contributed by atoms with Gasteiger partial charge in [-0.3, -0.25) is 4.68 Å². The van der Waals surface area contributed by atoms with Gasteiger partial charge in [-0.05, 0) is 19.3 Å². The van der Waals surface area contributed by atoms with Gasteiger partial charge in [-0.15, -0.1) is 0 Å². The zero-order valence-corrected chi connectivity index (χ0v) is 10.9. The molecule has 0 unspecified atom stereocenters. The minimum atomic E-state index is 0.239. The average Bonchev–Trinajstić information content (AvgIpc) is 2.73. The van der Waals surface area contributed by atoms with E-state index in [9.17, 15) is 0 Å². The van der Waals surface area contributed by atoms with Crippen LogP contribution in [0, 0.1) is 0 Å². The summed E-state index contributed by atoms with van der Waals surface area (Å²) >= 11 is 5.77. The topological polar surface area (TPSA) is 55.6 Å². The second kappa shape index (κ2) is 4.57. The Bertz CT molecular complexity index is 548. The minimum Gasteiger partial charge on any atom is -0.347 e. The summed E-state index contributed by atoms with van der Waals surface area (Å²) in [7, 11) is 1.95. The average molecular weight is 264 g/mol. The zero-order valence-electron chi connectivity index (χ0n) is 10.1. The summed E-state index contributed by atoms with van der Waals surface area (Å²) in [6.07, 6.45) is 8.53. The van der Waals surface area contributed by atoms with Crippen LogP contribution in [0.5, 0.6) is 0 Å². The monoisotopic (exact) mass is 263 g/mol. The van der Waals surface area contributed by atoms with Crippen molar-refractivity contribution in [1.29, 1.82) is 0 Å². The maximum absolute atomic E-state index is 5.77. The zero-order chi connectivity index (χ0) is 12.5. The molecule has 0 aliphatic heterocycles. The Kier molecular flexibility index (Phi) is 2.91. The SMILES string of the molecule is Cn1cc2c(n1)CCC[C@@H]2Nc1ncc(Cl)cn1. The molecule has 0 aromatic carbocycles. The molecule has 2 aromatic rings. The largest absolute Gasteiger partial charge is 0.347 e. The molecule has 0 bridgehead atoms. The highest BCUT2D eigenvalue weighted by molar-refractivity contribution is 6.30. The molecular weight excluding hydrogens is 250 g/mol. The third-order valence-corrected chi connectivity index (χ3v) is 3.34. The number of halogens is 1. The third-order valence-electron chi connectivity index (χ3n) is 3.14. The molecular formula is C12H14ClN5. The second-order valence-electron chi connectivity index (χ2n) is 4.52. The van der Waals surface area contributed by atoms with Crippen molar-refractivity contribution in [3.63, 3.8) is 0 Å². The van der Waals surface area contributed by atoms with Gasteiger partial charge >= 0.3 is 0 Å². The smallest absolute Gasteiger partial charge is 0.223 e. The first kappa shape index (κ1) is 11.5. The number of hydrogen-bond donors (Lipinski definition) is 1. The van der Waals surface area contributed by atoms with Crippen molar-refractivity contribution in [2.75, 3.05) is 5.32 Å². The van der Waals surface area contributed by atoms with Crippen LogP contribution in [-0.2, 0) is 13.5 Å². The Balaban J connectivity index is 1.83. The van der Waals surface area contributed by atoms with E-state index in [1.807, 2.05) is 11.7 Å². The lowest BCUT2D eigenvalue weighted by atomic mass is 9.93. The van der Waals surface area contributed by atoms with E-state index in [4.69, 9.17) is 11.6 Å². The van der Waals surface area contributed by atoms with E-state index >= 15 is 0 Å². The van der Waals surface area contributed by atoms with Gasteiger partial charge in [-0.1, -0.05) is 11.6 Å². The third kappa shape index (κ3) is 2.18. The predicted octanol–water partition coefficient (Wildman–Crippen LogP) is 2.35. The number of hydrogen-bond acceptors (Lipinski definition) is 4. The normalized spacial score (nSPS) is 18.4. The highest BCUT2D eigenvalue weighted by Crippen LogP contribution is 2.30. The van der Waals surface area contributed by atoms with Gasteiger partial charge in [0.1, 0.15) is 0 Å². The summed E-state index contributed by atoms with van der Waals surface area (Å²) in [5.74, 6) is 0.612. The standard InChI is InChI=1S/C12H14ClN5/c1-18-7-9-10(3-2-4-11(9)17-18)16-12-14-5-8(13)6-15-12/h5-7,10H,2-4H2,1H3,(H,14,15,16)/t10-/m0/s1. The van der Waals surface area contributed by atoms with Crippen molar-refractivity contribution in [2.45, 2.75) is 25.3 Å². The van der Waals surface area contributed by atoms with Gasteiger partial charge < -0.3 is 5.32 Å². The molecule has 2 aromatic heterocycles. The van der Waals surface area contributed by atoms with Crippen molar-refractivity contribution in [3.05, 3.63) is 34.9 Å². The Hall–Kier alpha value is -1.62. The summed E-state index contributed by atoms with van der Waals surface area (Å²) in [4.78, 5) is 8.34. The molecule has 5 nitrogen and oxygen atoms in total. The van der Waals surface area contributed by atoms with E-state index in [0.717, 1.165) is 19.3 Å². The van der Waals surface area contributed by atoms with Crippen LogP contribution in [-0.4, -0.2) is 19.7 Å². The van der Waals surface area contributed by atoms with Crippen molar-refractivity contribution in [3.8, 4) is 0 Å². The Morgan fingerprint density at radius 1 is 1.39 bits per heavy atom. The van der Waals surface area contributed by atoms with Crippen LogP contribution in [0.4, 0.5) is 5.95 Å². The van der Waals surface area contributed by atoms with Gasteiger partial charge in [0, 0.05) is 18.8 Å². The first-order chi connectivity index (χ1) is 8.72. The fraction of sp³-hybridized carbons (Fsp3) is 0.417. The molecule has 0 saturated carbocycles. The number of anilines is 1. The molecule has 0 saturated heterocycles. The molecule has 94 valence electrons. The summed E-state index contributed by atoms with van der Waals surface area (Å²) in [5.41, 5.74) is 2.43. The van der Waals surface area contributed by atoms with Crippen LogP contribution in [0.3, 0.4) is 0 Å². The van der Waals surface area contributed by atoms with Crippen LogP contribution >= 0.6 is 11.6 Å². The molecule has 0 radical (unpaired) electrons. The molecule has 6 heteroatoms. The summed E-state index contributed by atoms with van der Waals surface area (Å²) in [6, 6.07) is 0.239. The summed E-state index contributed by atoms with van der Waals surface area (Å²) in [5, 5.41) is 8.36. The second-order valence-corrected chi connectivity index (χ2v) is 4.96. The predicted molar refractivity (Wildman–Crippen MR) is 69.6 cm³/mol. The number of nitrogens with one attached hydrogen (secondary N) is 1. The summed E-state index contributed by atoms with van der Waals surface area (Å²) in [6.45, 7) is 0. The molecule has 0 amide bonds. The first-order valence-corrected chi connectivity index (χ1v) is 6.36. The van der Waals surface area contributed by atoms with Gasteiger partial charge in [-0.2, -0.15) is 5.10 Å². The summed E-state index contributed by atoms with van der Waals surface area (Å²) < 4.78 is 1.87. The van der Waals surface area contributed by atoms with Crippen LogP contribution in [0.2, 0.25) is 5.02 Å². The van der Waals surface area contributed by atoms with Crippen molar-refractivity contribution in [1.82, 2.24) is 19.7 Å². The number of aromatic nitrogens is 4. The van der Waals surface area contributed by atoms with Gasteiger partial charge in [0.15, 0.2) is 0 Å². The minimum absolute atomic E-state index is 0.239. The lowest BCUT2D eigenvalue weighted by Crippen LogP contribution is -2.17. The molecule has 1 aliphatic rings. The number of aryl methyl sites for hydroxylation is 2.